The standard InChI is InChI=1S/C22H24F3N3O.ClH/c23-17-11-14(12-18(24)21(17)25)22(29)27-16-8-6-15(7-9-16)26-20-10-5-13-3-1-2-4-19(13)28-20;/h5,10-12,15-16H,1-4,6-9H2,(H,26,28)(H,27,29);1H/t15-,16+;. The Bertz CT molecular complexity index is 893. The molecule has 0 radical (unpaired) electrons. The van der Waals surface area contributed by atoms with E-state index in [1.165, 1.54) is 24.1 Å². The number of carbonyl (C=O) groups excluding carboxylic acids is 1. The fourth-order valence-corrected chi connectivity index (χ4v) is 4.21. The summed E-state index contributed by atoms with van der Waals surface area (Å²) in [5.74, 6) is -3.98. The summed E-state index contributed by atoms with van der Waals surface area (Å²) in [4.78, 5) is 17.0. The molecule has 0 saturated heterocycles. The van der Waals surface area contributed by atoms with Crippen LogP contribution in [0.1, 0.15) is 60.1 Å². The Kier molecular flexibility index (Phi) is 7.23. The fraction of sp³-hybridized carbons (Fsp3) is 0.455. The van der Waals surface area contributed by atoms with Crippen LogP contribution >= 0.6 is 12.4 Å². The van der Waals surface area contributed by atoms with Crippen molar-refractivity contribution in [1.82, 2.24) is 10.3 Å². The van der Waals surface area contributed by atoms with Gasteiger partial charge in [0.25, 0.3) is 5.91 Å². The van der Waals surface area contributed by atoms with Crippen molar-refractivity contribution in [3.05, 3.63) is 58.5 Å². The number of fused-ring (bicyclic) bond motifs is 1. The van der Waals surface area contributed by atoms with Gasteiger partial charge in [0, 0.05) is 23.3 Å². The van der Waals surface area contributed by atoms with E-state index in [-0.39, 0.29) is 30.1 Å². The van der Waals surface area contributed by atoms with Crippen LogP contribution in [-0.2, 0) is 12.8 Å². The third-order valence-corrected chi connectivity index (χ3v) is 5.84. The summed E-state index contributed by atoms with van der Waals surface area (Å²) < 4.78 is 39.7. The number of anilines is 1. The summed E-state index contributed by atoms with van der Waals surface area (Å²) in [6, 6.07) is 5.85. The molecule has 8 heteroatoms. The third-order valence-electron chi connectivity index (χ3n) is 5.84. The van der Waals surface area contributed by atoms with Crippen LogP contribution in [0.2, 0.25) is 0 Å². The Labute approximate surface area is 180 Å². The molecule has 4 nitrogen and oxygen atoms in total. The van der Waals surface area contributed by atoms with E-state index in [1.807, 2.05) is 6.07 Å². The Morgan fingerprint density at radius 3 is 2.27 bits per heavy atom. The van der Waals surface area contributed by atoms with Crippen molar-refractivity contribution < 1.29 is 18.0 Å². The SMILES string of the molecule is Cl.O=C(N[C@H]1CC[C@@H](Nc2ccc3c(n2)CCCC3)CC1)c1cc(F)c(F)c(F)c1. The van der Waals surface area contributed by atoms with Crippen LogP contribution in [0.3, 0.4) is 0 Å². The molecule has 0 unspecified atom stereocenters. The highest BCUT2D eigenvalue weighted by Gasteiger charge is 2.24. The molecule has 0 atom stereocenters. The summed E-state index contributed by atoms with van der Waals surface area (Å²) >= 11 is 0. The minimum absolute atomic E-state index is 0. The molecule has 1 amide bonds. The average molecular weight is 440 g/mol. The number of pyridine rings is 1. The molecule has 1 fully saturated rings. The molecule has 1 aromatic carbocycles. The van der Waals surface area contributed by atoms with E-state index < -0.39 is 23.4 Å². The number of nitrogens with one attached hydrogen (secondary N) is 2. The minimum atomic E-state index is -1.57. The lowest BCUT2D eigenvalue weighted by Gasteiger charge is -2.30. The molecule has 2 N–H and O–H groups in total. The summed E-state index contributed by atoms with van der Waals surface area (Å²) in [5.41, 5.74) is 2.34. The summed E-state index contributed by atoms with van der Waals surface area (Å²) in [6.07, 6.45) is 7.78. The van der Waals surface area contributed by atoms with Crippen molar-refractivity contribution in [2.24, 2.45) is 0 Å². The van der Waals surface area contributed by atoms with Gasteiger partial charge in [-0.15, -0.1) is 12.4 Å². The van der Waals surface area contributed by atoms with E-state index in [4.69, 9.17) is 4.98 Å². The number of nitrogens with zero attached hydrogens (tertiary/aromatic N) is 1. The lowest BCUT2D eigenvalue weighted by atomic mass is 9.90. The maximum absolute atomic E-state index is 13.3. The van der Waals surface area contributed by atoms with Crippen LogP contribution in [0.25, 0.3) is 0 Å². The molecule has 2 aromatic rings. The van der Waals surface area contributed by atoms with Crippen molar-refractivity contribution >= 4 is 24.1 Å². The molecule has 1 heterocycles. The number of benzene rings is 1. The molecule has 162 valence electrons. The van der Waals surface area contributed by atoms with Crippen molar-refractivity contribution in [2.45, 2.75) is 63.5 Å². The first-order valence-electron chi connectivity index (χ1n) is 10.2. The van der Waals surface area contributed by atoms with E-state index in [0.717, 1.165) is 56.5 Å². The monoisotopic (exact) mass is 439 g/mol. The van der Waals surface area contributed by atoms with Gasteiger partial charge in [0.15, 0.2) is 17.5 Å². The topological polar surface area (TPSA) is 54.0 Å². The van der Waals surface area contributed by atoms with Gasteiger partial charge in [-0.1, -0.05) is 6.07 Å². The summed E-state index contributed by atoms with van der Waals surface area (Å²) in [7, 11) is 0. The molecule has 1 saturated carbocycles. The number of rotatable bonds is 4. The first-order valence-corrected chi connectivity index (χ1v) is 10.2. The van der Waals surface area contributed by atoms with Crippen molar-refractivity contribution in [2.75, 3.05) is 5.32 Å². The predicted octanol–water partition coefficient (Wildman–Crippen LogP) is 4.95. The number of aryl methyl sites for hydroxylation is 2. The van der Waals surface area contributed by atoms with Gasteiger partial charge in [0.05, 0.1) is 0 Å². The molecule has 0 spiro atoms. The highest BCUT2D eigenvalue weighted by atomic mass is 35.5. The molecular formula is C22H25ClF3N3O. The lowest BCUT2D eigenvalue weighted by Crippen LogP contribution is -2.40. The van der Waals surface area contributed by atoms with Gasteiger partial charge >= 0.3 is 0 Å². The van der Waals surface area contributed by atoms with Gasteiger partial charge in [-0.2, -0.15) is 0 Å². The van der Waals surface area contributed by atoms with Gasteiger partial charge in [0.2, 0.25) is 0 Å². The smallest absolute Gasteiger partial charge is 0.251 e. The van der Waals surface area contributed by atoms with Crippen LogP contribution in [0, 0.1) is 17.5 Å². The first kappa shape index (κ1) is 22.4. The zero-order valence-electron chi connectivity index (χ0n) is 16.5. The van der Waals surface area contributed by atoms with E-state index in [1.54, 1.807) is 0 Å². The van der Waals surface area contributed by atoms with E-state index in [2.05, 4.69) is 16.7 Å². The number of aromatic nitrogens is 1. The molecule has 4 rings (SSSR count). The lowest BCUT2D eigenvalue weighted by molar-refractivity contribution is 0.0925. The van der Waals surface area contributed by atoms with Crippen molar-refractivity contribution in [3.8, 4) is 0 Å². The van der Waals surface area contributed by atoms with Crippen LogP contribution in [0.4, 0.5) is 19.0 Å². The number of hydrogen-bond donors (Lipinski definition) is 2. The zero-order valence-corrected chi connectivity index (χ0v) is 17.3. The number of hydrogen-bond acceptors (Lipinski definition) is 3. The van der Waals surface area contributed by atoms with Crippen LogP contribution in [0.5, 0.6) is 0 Å². The molecule has 1 aromatic heterocycles. The maximum atomic E-state index is 13.3. The zero-order chi connectivity index (χ0) is 20.4. The number of carbonyl (C=O) groups is 1. The minimum Gasteiger partial charge on any atom is -0.367 e. The molecule has 0 aliphatic heterocycles. The second-order valence-electron chi connectivity index (χ2n) is 7.93. The summed E-state index contributed by atoms with van der Waals surface area (Å²) in [5, 5.41) is 6.29. The second-order valence-corrected chi connectivity index (χ2v) is 7.93. The Balaban J connectivity index is 0.00000256. The van der Waals surface area contributed by atoms with Crippen molar-refractivity contribution in [1.29, 1.82) is 0 Å². The van der Waals surface area contributed by atoms with Gasteiger partial charge < -0.3 is 10.6 Å². The Morgan fingerprint density at radius 1 is 0.933 bits per heavy atom. The largest absolute Gasteiger partial charge is 0.367 e. The fourth-order valence-electron chi connectivity index (χ4n) is 4.21. The predicted molar refractivity (Wildman–Crippen MR) is 112 cm³/mol. The summed E-state index contributed by atoms with van der Waals surface area (Å²) in [6.45, 7) is 0. The highest BCUT2D eigenvalue weighted by molar-refractivity contribution is 5.94. The van der Waals surface area contributed by atoms with Crippen LogP contribution in [-0.4, -0.2) is 23.0 Å². The van der Waals surface area contributed by atoms with Gasteiger partial charge in [0.1, 0.15) is 5.82 Å². The first-order chi connectivity index (χ1) is 14.0. The molecular weight excluding hydrogens is 415 g/mol. The third kappa shape index (κ3) is 5.06. The second kappa shape index (κ2) is 9.69. The van der Waals surface area contributed by atoms with Gasteiger partial charge in [-0.05, 0) is 75.1 Å². The van der Waals surface area contributed by atoms with Gasteiger partial charge in [-0.25, -0.2) is 18.2 Å². The van der Waals surface area contributed by atoms with E-state index in [9.17, 15) is 18.0 Å². The van der Waals surface area contributed by atoms with E-state index >= 15 is 0 Å². The van der Waals surface area contributed by atoms with Crippen LogP contribution < -0.4 is 10.6 Å². The highest BCUT2D eigenvalue weighted by Crippen LogP contribution is 2.25. The average Bonchev–Trinajstić information content (AvgIpc) is 2.73. The molecule has 30 heavy (non-hydrogen) atoms. The Hall–Kier alpha value is -2.28. The number of amides is 1. The molecule has 2 aliphatic carbocycles. The number of halogens is 4. The molecule has 2 aliphatic rings. The maximum Gasteiger partial charge on any atom is 0.251 e. The van der Waals surface area contributed by atoms with E-state index in [0.29, 0.717) is 0 Å². The normalized spacial score (nSPS) is 20.6. The van der Waals surface area contributed by atoms with Gasteiger partial charge in [-0.3, -0.25) is 4.79 Å². The van der Waals surface area contributed by atoms with Crippen molar-refractivity contribution in [3.63, 3.8) is 0 Å². The Morgan fingerprint density at radius 2 is 1.57 bits per heavy atom. The quantitative estimate of drug-likeness (QED) is 0.662. The van der Waals surface area contributed by atoms with Crippen LogP contribution in [0.15, 0.2) is 24.3 Å². The molecule has 0 bridgehead atoms.